The number of H-pyrrole nitrogens is 1. The van der Waals surface area contributed by atoms with E-state index in [9.17, 15) is 4.79 Å². The first-order chi connectivity index (χ1) is 12.8. The van der Waals surface area contributed by atoms with Gasteiger partial charge < -0.3 is 9.64 Å². The third-order valence-electron chi connectivity index (χ3n) is 5.34. The Bertz CT molecular complexity index is 724. The van der Waals surface area contributed by atoms with Crippen molar-refractivity contribution in [3.63, 3.8) is 0 Å². The number of likely N-dealkylation sites (tertiary alicyclic amines) is 1. The number of aromatic nitrogens is 2. The quantitative estimate of drug-likeness (QED) is 0.914. The molecule has 1 amide bonds. The number of piperidine rings is 1. The Morgan fingerprint density at radius 1 is 1.19 bits per heavy atom. The van der Waals surface area contributed by atoms with Crippen LogP contribution in [0.15, 0.2) is 36.4 Å². The van der Waals surface area contributed by atoms with E-state index in [2.05, 4.69) is 33.3 Å². The number of carbonyl (C=O) groups is 1. The molecular formula is C20H26N4O2. The van der Waals surface area contributed by atoms with Gasteiger partial charge in [0.2, 0.25) is 5.91 Å². The lowest BCUT2D eigenvalue weighted by molar-refractivity contribution is -0.134. The molecule has 1 atom stereocenters. The molecule has 1 N–H and O–H groups in total. The largest absolute Gasteiger partial charge is 0.379 e. The summed E-state index contributed by atoms with van der Waals surface area (Å²) in [6.45, 7) is 5.31. The van der Waals surface area contributed by atoms with Crippen molar-refractivity contribution in [1.82, 2.24) is 20.0 Å². The lowest BCUT2D eigenvalue weighted by atomic mass is 9.94. The van der Waals surface area contributed by atoms with E-state index in [1.54, 1.807) is 0 Å². The summed E-state index contributed by atoms with van der Waals surface area (Å²) < 4.78 is 5.36. The van der Waals surface area contributed by atoms with Gasteiger partial charge in [0, 0.05) is 43.4 Å². The number of carbonyl (C=O) groups excluding carboxylic acids is 1. The first-order valence-electron chi connectivity index (χ1n) is 9.48. The SMILES string of the molecule is O=C(CN1CCOCC1)N1CCCC(c2cc(-c3ccccc3)n[nH]2)C1. The molecule has 3 heterocycles. The highest BCUT2D eigenvalue weighted by Crippen LogP contribution is 2.28. The smallest absolute Gasteiger partial charge is 0.236 e. The van der Waals surface area contributed by atoms with Crippen LogP contribution in [-0.2, 0) is 9.53 Å². The van der Waals surface area contributed by atoms with Crippen molar-refractivity contribution in [1.29, 1.82) is 0 Å². The summed E-state index contributed by atoms with van der Waals surface area (Å²) in [5.41, 5.74) is 3.22. The maximum Gasteiger partial charge on any atom is 0.236 e. The van der Waals surface area contributed by atoms with E-state index < -0.39 is 0 Å². The van der Waals surface area contributed by atoms with Gasteiger partial charge in [-0.15, -0.1) is 0 Å². The van der Waals surface area contributed by atoms with Crippen LogP contribution in [0.5, 0.6) is 0 Å². The Hall–Kier alpha value is -2.18. The second-order valence-electron chi connectivity index (χ2n) is 7.14. The molecule has 6 heteroatoms. The summed E-state index contributed by atoms with van der Waals surface area (Å²) in [6.07, 6.45) is 2.14. The molecule has 138 valence electrons. The number of amides is 1. The number of nitrogens with zero attached hydrogens (tertiary/aromatic N) is 3. The van der Waals surface area contributed by atoms with Crippen LogP contribution in [0.3, 0.4) is 0 Å². The highest BCUT2D eigenvalue weighted by atomic mass is 16.5. The van der Waals surface area contributed by atoms with Gasteiger partial charge in [0.25, 0.3) is 0 Å². The molecule has 0 bridgehead atoms. The van der Waals surface area contributed by atoms with Gasteiger partial charge in [0.15, 0.2) is 0 Å². The average Bonchev–Trinajstić information content (AvgIpc) is 3.20. The standard InChI is InChI=1S/C20H26N4O2/c25-20(15-23-9-11-26-12-10-23)24-8-4-7-17(14-24)19-13-18(21-22-19)16-5-2-1-3-6-16/h1-3,5-6,13,17H,4,7-12,14-15H2,(H,21,22). The molecule has 0 aliphatic carbocycles. The fourth-order valence-electron chi connectivity index (χ4n) is 3.81. The van der Waals surface area contributed by atoms with Crippen LogP contribution in [0.25, 0.3) is 11.3 Å². The van der Waals surface area contributed by atoms with Gasteiger partial charge >= 0.3 is 0 Å². The van der Waals surface area contributed by atoms with Gasteiger partial charge in [-0.1, -0.05) is 30.3 Å². The molecule has 2 aliphatic rings. The lowest BCUT2D eigenvalue weighted by Gasteiger charge is -2.34. The number of hydrogen-bond acceptors (Lipinski definition) is 4. The minimum atomic E-state index is 0.236. The molecule has 2 aromatic rings. The Balaban J connectivity index is 1.39. The van der Waals surface area contributed by atoms with Crippen molar-refractivity contribution >= 4 is 5.91 Å². The van der Waals surface area contributed by atoms with Gasteiger partial charge in [-0.3, -0.25) is 14.8 Å². The van der Waals surface area contributed by atoms with Gasteiger partial charge in [-0.2, -0.15) is 5.10 Å². The summed E-state index contributed by atoms with van der Waals surface area (Å²) in [7, 11) is 0. The number of nitrogens with one attached hydrogen (secondary N) is 1. The number of benzene rings is 1. The second kappa shape index (κ2) is 8.01. The van der Waals surface area contributed by atoms with Crippen LogP contribution in [0.2, 0.25) is 0 Å². The third-order valence-corrected chi connectivity index (χ3v) is 5.34. The minimum absolute atomic E-state index is 0.236. The summed E-state index contributed by atoms with van der Waals surface area (Å²) in [5.74, 6) is 0.571. The van der Waals surface area contributed by atoms with Gasteiger partial charge in [-0.25, -0.2) is 0 Å². The van der Waals surface area contributed by atoms with Crippen molar-refractivity contribution in [2.45, 2.75) is 18.8 Å². The number of morpholine rings is 1. The van der Waals surface area contributed by atoms with Crippen LogP contribution in [0, 0.1) is 0 Å². The van der Waals surface area contributed by atoms with Crippen molar-refractivity contribution < 1.29 is 9.53 Å². The van der Waals surface area contributed by atoms with Crippen LogP contribution in [0.1, 0.15) is 24.5 Å². The maximum atomic E-state index is 12.7. The summed E-state index contributed by atoms with van der Waals surface area (Å²) in [6, 6.07) is 12.3. The third kappa shape index (κ3) is 3.97. The van der Waals surface area contributed by atoms with Gasteiger partial charge in [-0.05, 0) is 18.9 Å². The summed E-state index contributed by atoms with van der Waals surface area (Å²) >= 11 is 0. The highest BCUT2D eigenvalue weighted by molar-refractivity contribution is 5.78. The van der Waals surface area contributed by atoms with E-state index in [0.717, 1.165) is 69.2 Å². The van der Waals surface area contributed by atoms with E-state index in [1.807, 2.05) is 23.1 Å². The second-order valence-corrected chi connectivity index (χ2v) is 7.14. The van der Waals surface area contributed by atoms with Crippen molar-refractivity contribution in [2.24, 2.45) is 0 Å². The van der Waals surface area contributed by atoms with Crippen LogP contribution in [-0.4, -0.2) is 71.8 Å². The zero-order valence-corrected chi connectivity index (χ0v) is 15.1. The van der Waals surface area contributed by atoms with Crippen LogP contribution in [0.4, 0.5) is 0 Å². The molecule has 6 nitrogen and oxygen atoms in total. The number of rotatable bonds is 4. The molecule has 0 saturated carbocycles. The highest BCUT2D eigenvalue weighted by Gasteiger charge is 2.27. The lowest BCUT2D eigenvalue weighted by Crippen LogP contribution is -2.47. The Morgan fingerprint density at radius 3 is 2.81 bits per heavy atom. The molecule has 0 radical (unpaired) electrons. The first-order valence-corrected chi connectivity index (χ1v) is 9.48. The van der Waals surface area contributed by atoms with E-state index >= 15 is 0 Å². The monoisotopic (exact) mass is 354 g/mol. The summed E-state index contributed by atoms with van der Waals surface area (Å²) in [4.78, 5) is 16.9. The van der Waals surface area contributed by atoms with E-state index in [4.69, 9.17) is 4.74 Å². The molecule has 1 aromatic carbocycles. The van der Waals surface area contributed by atoms with Crippen molar-refractivity contribution in [2.75, 3.05) is 45.9 Å². The number of aromatic amines is 1. The zero-order chi connectivity index (χ0) is 17.8. The van der Waals surface area contributed by atoms with Crippen molar-refractivity contribution in [3.8, 4) is 11.3 Å². The first kappa shape index (κ1) is 17.2. The topological polar surface area (TPSA) is 61.5 Å². The normalized spacial score (nSPS) is 21.7. The zero-order valence-electron chi connectivity index (χ0n) is 15.1. The maximum absolute atomic E-state index is 12.7. The van der Waals surface area contributed by atoms with E-state index in [1.165, 1.54) is 0 Å². The molecule has 26 heavy (non-hydrogen) atoms. The molecule has 1 unspecified atom stereocenters. The molecule has 2 aliphatic heterocycles. The molecule has 2 saturated heterocycles. The summed E-state index contributed by atoms with van der Waals surface area (Å²) in [5, 5.41) is 7.67. The number of hydrogen-bond donors (Lipinski definition) is 1. The number of ether oxygens (including phenoxy) is 1. The van der Waals surface area contributed by atoms with Gasteiger partial charge in [0.05, 0.1) is 25.5 Å². The fourth-order valence-corrected chi connectivity index (χ4v) is 3.81. The average molecular weight is 354 g/mol. The molecule has 0 spiro atoms. The van der Waals surface area contributed by atoms with Crippen molar-refractivity contribution in [3.05, 3.63) is 42.1 Å². The molecule has 4 rings (SSSR count). The molecular weight excluding hydrogens is 328 g/mol. The molecule has 1 aromatic heterocycles. The van der Waals surface area contributed by atoms with Gasteiger partial charge in [0.1, 0.15) is 0 Å². The van der Waals surface area contributed by atoms with Crippen LogP contribution >= 0.6 is 0 Å². The Kier molecular flexibility index (Phi) is 5.32. The molecule has 2 fully saturated rings. The van der Waals surface area contributed by atoms with E-state index in [0.29, 0.717) is 12.5 Å². The minimum Gasteiger partial charge on any atom is -0.379 e. The van der Waals surface area contributed by atoms with Crippen LogP contribution < -0.4 is 0 Å². The predicted octanol–water partition coefficient (Wildman–Crippen LogP) is 2.11. The predicted molar refractivity (Wildman–Crippen MR) is 99.8 cm³/mol. The Morgan fingerprint density at radius 2 is 2.00 bits per heavy atom. The fraction of sp³-hybridized carbons (Fsp3) is 0.500. The Labute approximate surface area is 154 Å². The van der Waals surface area contributed by atoms with E-state index in [-0.39, 0.29) is 5.91 Å².